The van der Waals surface area contributed by atoms with Crippen molar-refractivity contribution >= 4 is 0 Å². The quantitative estimate of drug-likeness (QED) is 0.685. The zero-order chi connectivity index (χ0) is 15.7. The van der Waals surface area contributed by atoms with E-state index in [0.717, 1.165) is 25.6 Å². The molecule has 0 bridgehead atoms. The molecule has 0 aliphatic rings. The summed E-state index contributed by atoms with van der Waals surface area (Å²) in [4.78, 5) is 2.59. The SMILES string of the molecule is CCC(CC)CN(CC)Cc1ccccc1CNC(C)C. The third-order valence-electron chi connectivity index (χ3n) is 4.33. The lowest BCUT2D eigenvalue weighted by Gasteiger charge is -2.26. The normalized spacial score (nSPS) is 11.8. The number of hydrogen-bond acceptors (Lipinski definition) is 2. The Balaban J connectivity index is 2.70. The third kappa shape index (κ3) is 6.62. The van der Waals surface area contributed by atoms with Gasteiger partial charge in [0.25, 0.3) is 0 Å². The molecular weight excluding hydrogens is 256 g/mol. The first-order chi connectivity index (χ1) is 10.1. The van der Waals surface area contributed by atoms with Crippen LogP contribution in [0.5, 0.6) is 0 Å². The summed E-state index contributed by atoms with van der Waals surface area (Å²) in [7, 11) is 0. The van der Waals surface area contributed by atoms with Crippen LogP contribution in [0, 0.1) is 5.92 Å². The van der Waals surface area contributed by atoms with Gasteiger partial charge in [0.15, 0.2) is 0 Å². The Morgan fingerprint density at radius 3 is 2.14 bits per heavy atom. The molecule has 2 nitrogen and oxygen atoms in total. The number of nitrogens with one attached hydrogen (secondary N) is 1. The molecule has 2 heteroatoms. The van der Waals surface area contributed by atoms with Gasteiger partial charge < -0.3 is 5.32 Å². The lowest BCUT2D eigenvalue weighted by atomic mass is 10.0. The van der Waals surface area contributed by atoms with Gasteiger partial charge in [0.05, 0.1) is 0 Å². The highest BCUT2D eigenvalue weighted by Gasteiger charge is 2.12. The molecule has 0 atom stereocenters. The lowest BCUT2D eigenvalue weighted by Crippen LogP contribution is -2.30. The highest BCUT2D eigenvalue weighted by Crippen LogP contribution is 2.15. The van der Waals surface area contributed by atoms with Crippen LogP contribution in [-0.4, -0.2) is 24.0 Å². The fraction of sp³-hybridized carbons (Fsp3) is 0.684. The van der Waals surface area contributed by atoms with Crippen LogP contribution in [-0.2, 0) is 13.1 Å². The summed E-state index contributed by atoms with van der Waals surface area (Å²) in [5, 5.41) is 3.54. The summed E-state index contributed by atoms with van der Waals surface area (Å²) in [6, 6.07) is 9.39. The van der Waals surface area contributed by atoms with Crippen molar-refractivity contribution in [3.63, 3.8) is 0 Å². The van der Waals surface area contributed by atoms with Crippen LogP contribution in [0.15, 0.2) is 24.3 Å². The van der Waals surface area contributed by atoms with Crippen molar-refractivity contribution in [3.05, 3.63) is 35.4 Å². The van der Waals surface area contributed by atoms with Crippen LogP contribution >= 0.6 is 0 Å². The fourth-order valence-electron chi connectivity index (χ4n) is 2.66. The molecule has 120 valence electrons. The molecule has 0 fully saturated rings. The standard InChI is InChI=1S/C19H34N2/c1-6-17(7-2)14-21(8-3)15-19-12-10-9-11-18(19)13-20-16(4)5/h9-12,16-17,20H,6-8,13-15H2,1-5H3. The second-order valence-electron chi connectivity index (χ2n) is 6.31. The maximum absolute atomic E-state index is 3.54. The van der Waals surface area contributed by atoms with E-state index in [-0.39, 0.29) is 0 Å². The Morgan fingerprint density at radius 2 is 1.62 bits per heavy atom. The predicted octanol–water partition coefficient (Wildman–Crippen LogP) is 4.44. The van der Waals surface area contributed by atoms with Crippen LogP contribution in [0.25, 0.3) is 0 Å². The first-order valence-corrected chi connectivity index (χ1v) is 8.63. The van der Waals surface area contributed by atoms with Crippen molar-refractivity contribution < 1.29 is 0 Å². The summed E-state index contributed by atoms with van der Waals surface area (Å²) in [5.74, 6) is 0.825. The molecule has 0 unspecified atom stereocenters. The minimum atomic E-state index is 0.532. The summed E-state index contributed by atoms with van der Waals surface area (Å²) >= 11 is 0. The van der Waals surface area contributed by atoms with Gasteiger partial charge in [-0.25, -0.2) is 0 Å². The molecule has 0 aliphatic heterocycles. The van der Waals surface area contributed by atoms with E-state index in [0.29, 0.717) is 6.04 Å². The van der Waals surface area contributed by atoms with Crippen LogP contribution < -0.4 is 5.32 Å². The van der Waals surface area contributed by atoms with Crippen LogP contribution in [0.2, 0.25) is 0 Å². The van der Waals surface area contributed by atoms with E-state index in [1.165, 1.54) is 30.5 Å². The fourth-order valence-corrected chi connectivity index (χ4v) is 2.66. The number of hydrogen-bond donors (Lipinski definition) is 1. The Labute approximate surface area is 131 Å². The molecule has 0 heterocycles. The molecule has 1 N–H and O–H groups in total. The van der Waals surface area contributed by atoms with Gasteiger partial charge in [-0.2, -0.15) is 0 Å². The van der Waals surface area contributed by atoms with Gasteiger partial charge in [0, 0.05) is 25.7 Å². The molecule has 0 radical (unpaired) electrons. The summed E-state index contributed by atoms with van der Waals surface area (Å²) in [6.45, 7) is 15.7. The van der Waals surface area contributed by atoms with Gasteiger partial charge in [-0.15, -0.1) is 0 Å². The van der Waals surface area contributed by atoms with Crippen LogP contribution in [0.4, 0.5) is 0 Å². The molecule has 1 aromatic rings. The maximum Gasteiger partial charge on any atom is 0.0236 e. The lowest BCUT2D eigenvalue weighted by molar-refractivity contribution is 0.225. The van der Waals surface area contributed by atoms with Crippen molar-refractivity contribution in [2.75, 3.05) is 13.1 Å². The summed E-state index contributed by atoms with van der Waals surface area (Å²) < 4.78 is 0. The molecule has 21 heavy (non-hydrogen) atoms. The Bertz CT molecular complexity index is 383. The topological polar surface area (TPSA) is 15.3 Å². The van der Waals surface area contributed by atoms with E-state index in [9.17, 15) is 0 Å². The van der Waals surface area contributed by atoms with Crippen molar-refractivity contribution in [1.29, 1.82) is 0 Å². The number of nitrogens with zero attached hydrogens (tertiary/aromatic N) is 1. The highest BCUT2D eigenvalue weighted by atomic mass is 15.1. The first-order valence-electron chi connectivity index (χ1n) is 8.63. The van der Waals surface area contributed by atoms with Gasteiger partial charge >= 0.3 is 0 Å². The zero-order valence-corrected chi connectivity index (χ0v) is 14.7. The van der Waals surface area contributed by atoms with E-state index in [1.54, 1.807) is 0 Å². The van der Waals surface area contributed by atoms with Gasteiger partial charge in [-0.1, -0.05) is 71.7 Å². The molecule has 0 saturated heterocycles. The largest absolute Gasteiger partial charge is 0.310 e. The van der Waals surface area contributed by atoms with Gasteiger partial charge in [-0.3, -0.25) is 4.90 Å². The second kappa shape index (κ2) is 9.97. The number of rotatable bonds is 10. The van der Waals surface area contributed by atoms with E-state index in [2.05, 4.69) is 69.1 Å². The average molecular weight is 290 g/mol. The van der Waals surface area contributed by atoms with Crippen molar-refractivity contribution in [2.24, 2.45) is 5.92 Å². The molecule has 0 amide bonds. The Kier molecular flexibility index (Phi) is 8.63. The van der Waals surface area contributed by atoms with Crippen molar-refractivity contribution in [3.8, 4) is 0 Å². The Morgan fingerprint density at radius 1 is 1.00 bits per heavy atom. The van der Waals surface area contributed by atoms with Crippen molar-refractivity contribution in [1.82, 2.24) is 10.2 Å². The summed E-state index contributed by atoms with van der Waals surface area (Å²) in [6.07, 6.45) is 2.56. The monoisotopic (exact) mass is 290 g/mol. The molecular formula is C19H34N2. The minimum Gasteiger partial charge on any atom is -0.310 e. The first kappa shape index (κ1) is 18.2. The molecule has 1 aromatic carbocycles. The second-order valence-corrected chi connectivity index (χ2v) is 6.31. The molecule has 0 aliphatic carbocycles. The summed E-state index contributed by atoms with van der Waals surface area (Å²) in [5.41, 5.74) is 2.91. The van der Waals surface area contributed by atoms with Crippen LogP contribution in [0.3, 0.4) is 0 Å². The zero-order valence-electron chi connectivity index (χ0n) is 14.7. The highest BCUT2D eigenvalue weighted by molar-refractivity contribution is 5.27. The van der Waals surface area contributed by atoms with E-state index >= 15 is 0 Å². The molecule has 0 spiro atoms. The smallest absolute Gasteiger partial charge is 0.0236 e. The van der Waals surface area contributed by atoms with Crippen molar-refractivity contribution in [2.45, 2.75) is 66.6 Å². The average Bonchev–Trinajstić information content (AvgIpc) is 2.50. The van der Waals surface area contributed by atoms with Crippen LogP contribution in [0.1, 0.15) is 58.6 Å². The predicted molar refractivity (Wildman–Crippen MR) is 93.4 cm³/mol. The van der Waals surface area contributed by atoms with E-state index in [4.69, 9.17) is 0 Å². The van der Waals surface area contributed by atoms with E-state index < -0.39 is 0 Å². The molecule has 0 saturated carbocycles. The molecule has 1 rings (SSSR count). The molecule has 0 aromatic heterocycles. The maximum atomic E-state index is 3.54. The van der Waals surface area contributed by atoms with Gasteiger partial charge in [-0.05, 0) is 23.6 Å². The minimum absolute atomic E-state index is 0.532. The number of benzene rings is 1. The van der Waals surface area contributed by atoms with Gasteiger partial charge in [0.1, 0.15) is 0 Å². The third-order valence-corrected chi connectivity index (χ3v) is 4.33. The Hall–Kier alpha value is -0.860. The van der Waals surface area contributed by atoms with E-state index in [1.807, 2.05) is 0 Å². The van der Waals surface area contributed by atoms with Gasteiger partial charge in [0.2, 0.25) is 0 Å².